The lowest BCUT2D eigenvalue weighted by molar-refractivity contribution is 0.307. The van der Waals surface area contributed by atoms with Crippen molar-refractivity contribution in [3.63, 3.8) is 0 Å². The average molecular weight is 300 g/mol. The van der Waals surface area contributed by atoms with Crippen LogP contribution >= 0.6 is 11.3 Å². The van der Waals surface area contributed by atoms with Gasteiger partial charge in [-0.15, -0.1) is 11.3 Å². The number of fused-ring (bicyclic) bond motifs is 1. The minimum absolute atomic E-state index is 0.441. The van der Waals surface area contributed by atoms with E-state index in [2.05, 4.69) is 4.98 Å². The Kier molecular flexibility index (Phi) is 3.66. The van der Waals surface area contributed by atoms with E-state index in [4.69, 9.17) is 15.2 Å². The highest BCUT2D eigenvalue weighted by Crippen LogP contribution is 2.31. The van der Waals surface area contributed by atoms with Crippen molar-refractivity contribution >= 4 is 27.2 Å². The Hall–Kier alpha value is -2.27. The molecule has 3 rings (SSSR count). The Morgan fingerprint density at radius 2 is 2.10 bits per heavy atom. The van der Waals surface area contributed by atoms with Crippen molar-refractivity contribution in [3.8, 4) is 11.5 Å². The summed E-state index contributed by atoms with van der Waals surface area (Å²) in [6.45, 7) is 2.42. The predicted octanol–water partition coefficient (Wildman–Crippen LogP) is 3.77. The number of hydrogen-bond donors (Lipinski definition) is 1. The molecule has 21 heavy (non-hydrogen) atoms. The standard InChI is InChI=1S/C16H16N2O2S/c1-10-18-14-8-15(13(17)7-16(14)21-10)20-9-11-4-3-5-12(6-11)19-2/h3-8H,9,17H2,1-2H3. The summed E-state index contributed by atoms with van der Waals surface area (Å²) in [7, 11) is 1.65. The van der Waals surface area contributed by atoms with Crippen LogP contribution in [0.15, 0.2) is 36.4 Å². The lowest BCUT2D eigenvalue weighted by Crippen LogP contribution is -1.99. The Balaban J connectivity index is 1.82. The highest BCUT2D eigenvalue weighted by Gasteiger charge is 2.08. The second-order valence-corrected chi connectivity index (χ2v) is 5.97. The van der Waals surface area contributed by atoms with Gasteiger partial charge in [-0.1, -0.05) is 12.1 Å². The minimum Gasteiger partial charge on any atom is -0.497 e. The fourth-order valence-corrected chi connectivity index (χ4v) is 2.99. The van der Waals surface area contributed by atoms with Crippen molar-refractivity contribution in [1.29, 1.82) is 0 Å². The quantitative estimate of drug-likeness (QED) is 0.745. The molecule has 0 atom stereocenters. The number of aryl methyl sites for hydroxylation is 1. The van der Waals surface area contributed by atoms with Gasteiger partial charge in [0.15, 0.2) is 0 Å². The molecular formula is C16H16N2O2S. The van der Waals surface area contributed by atoms with Crippen LogP contribution in [-0.4, -0.2) is 12.1 Å². The van der Waals surface area contributed by atoms with Gasteiger partial charge in [0.25, 0.3) is 0 Å². The number of aromatic nitrogens is 1. The van der Waals surface area contributed by atoms with Gasteiger partial charge in [0, 0.05) is 6.07 Å². The zero-order chi connectivity index (χ0) is 14.8. The van der Waals surface area contributed by atoms with E-state index in [0.717, 1.165) is 26.5 Å². The van der Waals surface area contributed by atoms with Gasteiger partial charge in [0.1, 0.15) is 18.1 Å². The van der Waals surface area contributed by atoms with Crippen LogP contribution in [0.4, 0.5) is 5.69 Å². The normalized spacial score (nSPS) is 10.8. The summed E-state index contributed by atoms with van der Waals surface area (Å²) in [5.41, 5.74) is 8.63. The molecule has 4 nitrogen and oxygen atoms in total. The third-order valence-electron chi connectivity index (χ3n) is 3.16. The summed E-state index contributed by atoms with van der Waals surface area (Å²) < 4.78 is 12.1. The second kappa shape index (κ2) is 5.61. The van der Waals surface area contributed by atoms with Crippen molar-refractivity contribution in [2.75, 3.05) is 12.8 Å². The molecule has 1 aromatic heterocycles. The van der Waals surface area contributed by atoms with E-state index in [1.54, 1.807) is 18.4 Å². The minimum atomic E-state index is 0.441. The van der Waals surface area contributed by atoms with Crippen LogP contribution in [0, 0.1) is 6.92 Å². The number of benzene rings is 2. The Labute approximate surface area is 127 Å². The molecule has 0 unspecified atom stereocenters. The summed E-state index contributed by atoms with van der Waals surface area (Å²) in [4.78, 5) is 4.46. The number of hydrogen-bond acceptors (Lipinski definition) is 5. The zero-order valence-corrected chi connectivity index (χ0v) is 12.7. The van der Waals surface area contributed by atoms with Crippen LogP contribution in [0.2, 0.25) is 0 Å². The van der Waals surface area contributed by atoms with Gasteiger partial charge in [-0.25, -0.2) is 4.98 Å². The van der Waals surface area contributed by atoms with Crippen LogP contribution in [0.3, 0.4) is 0 Å². The average Bonchev–Trinajstić information content (AvgIpc) is 2.84. The maximum absolute atomic E-state index is 6.05. The molecule has 0 amide bonds. The van der Waals surface area contributed by atoms with Crippen LogP contribution in [0.5, 0.6) is 11.5 Å². The first kappa shape index (κ1) is 13.7. The highest BCUT2D eigenvalue weighted by atomic mass is 32.1. The lowest BCUT2D eigenvalue weighted by Gasteiger charge is -2.09. The molecule has 5 heteroatoms. The van der Waals surface area contributed by atoms with Crippen LogP contribution < -0.4 is 15.2 Å². The summed E-state index contributed by atoms with van der Waals surface area (Å²) >= 11 is 1.63. The van der Waals surface area contributed by atoms with Crippen LogP contribution in [-0.2, 0) is 6.61 Å². The molecule has 0 saturated heterocycles. The summed E-state index contributed by atoms with van der Waals surface area (Å²) in [5, 5.41) is 1.02. The van der Waals surface area contributed by atoms with Crippen molar-refractivity contribution in [3.05, 3.63) is 47.0 Å². The molecule has 0 fully saturated rings. The van der Waals surface area contributed by atoms with Crippen molar-refractivity contribution in [2.45, 2.75) is 13.5 Å². The van der Waals surface area contributed by atoms with Crippen molar-refractivity contribution < 1.29 is 9.47 Å². The molecule has 0 radical (unpaired) electrons. The number of rotatable bonds is 4. The van der Waals surface area contributed by atoms with E-state index in [1.165, 1.54) is 0 Å². The second-order valence-electron chi connectivity index (χ2n) is 4.73. The van der Waals surface area contributed by atoms with E-state index < -0.39 is 0 Å². The van der Waals surface area contributed by atoms with Crippen LogP contribution in [0.1, 0.15) is 10.6 Å². The number of nitrogens with two attached hydrogens (primary N) is 1. The van der Waals surface area contributed by atoms with Gasteiger partial charge in [0.2, 0.25) is 0 Å². The third-order valence-corrected chi connectivity index (χ3v) is 4.09. The van der Waals surface area contributed by atoms with Gasteiger partial charge >= 0.3 is 0 Å². The van der Waals surface area contributed by atoms with Gasteiger partial charge in [-0.2, -0.15) is 0 Å². The highest BCUT2D eigenvalue weighted by molar-refractivity contribution is 7.18. The first-order chi connectivity index (χ1) is 10.2. The summed E-state index contributed by atoms with van der Waals surface area (Å²) in [5.74, 6) is 1.48. The Bertz CT molecular complexity index is 783. The zero-order valence-electron chi connectivity index (χ0n) is 11.9. The molecule has 2 aromatic carbocycles. The Morgan fingerprint density at radius 1 is 1.24 bits per heavy atom. The van der Waals surface area contributed by atoms with Gasteiger partial charge in [0.05, 0.1) is 28.0 Å². The number of thiazole rings is 1. The predicted molar refractivity (Wildman–Crippen MR) is 86.1 cm³/mol. The lowest BCUT2D eigenvalue weighted by atomic mass is 10.2. The topological polar surface area (TPSA) is 57.4 Å². The van der Waals surface area contributed by atoms with Crippen molar-refractivity contribution in [1.82, 2.24) is 4.98 Å². The SMILES string of the molecule is COc1cccc(COc2cc3nc(C)sc3cc2N)c1. The molecule has 0 aliphatic rings. The van der Waals surface area contributed by atoms with E-state index in [-0.39, 0.29) is 0 Å². The molecule has 108 valence electrons. The van der Waals surface area contributed by atoms with E-state index in [1.807, 2.05) is 43.3 Å². The number of methoxy groups -OCH3 is 1. The molecule has 3 aromatic rings. The fraction of sp³-hybridized carbons (Fsp3) is 0.188. The van der Waals surface area contributed by atoms with E-state index in [9.17, 15) is 0 Å². The largest absolute Gasteiger partial charge is 0.497 e. The van der Waals surface area contributed by atoms with Crippen LogP contribution in [0.25, 0.3) is 10.2 Å². The molecule has 0 aliphatic heterocycles. The molecule has 0 saturated carbocycles. The Morgan fingerprint density at radius 3 is 2.90 bits per heavy atom. The number of nitrogen functional groups attached to an aromatic ring is 1. The van der Waals surface area contributed by atoms with Gasteiger partial charge in [-0.3, -0.25) is 0 Å². The number of ether oxygens (including phenoxy) is 2. The molecule has 0 aliphatic carbocycles. The maximum atomic E-state index is 6.05. The monoisotopic (exact) mass is 300 g/mol. The number of nitrogens with zero attached hydrogens (tertiary/aromatic N) is 1. The molecule has 0 bridgehead atoms. The number of anilines is 1. The summed E-state index contributed by atoms with van der Waals surface area (Å²) in [6, 6.07) is 11.6. The van der Waals surface area contributed by atoms with Gasteiger partial charge < -0.3 is 15.2 Å². The first-order valence-corrected chi connectivity index (χ1v) is 7.40. The molecule has 1 heterocycles. The van der Waals surface area contributed by atoms with Crippen molar-refractivity contribution in [2.24, 2.45) is 0 Å². The van der Waals surface area contributed by atoms with E-state index >= 15 is 0 Å². The first-order valence-electron chi connectivity index (χ1n) is 6.58. The fourth-order valence-electron chi connectivity index (χ4n) is 2.13. The molecule has 2 N–H and O–H groups in total. The summed E-state index contributed by atoms with van der Waals surface area (Å²) in [6.07, 6.45) is 0. The molecular weight excluding hydrogens is 284 g/mol. The van der Waals surface area contributed by atoms with Gasteiger partial charge in [-0.05, 0) is 30.7 Å². The van der Waals surface area contributed by atoms with E-state index in [0.29, 0.717) is 18.0 Å². The smallest absolute Gasteiger partial charge is 0.144 e. The maximum Gasteiger partial charge on any atom is 0.144 e. The molecule has 0 spiro atoms. The third kappa shape index (κ3) is 2.92.